The molecule has 2 aliphatic rings. The van der Waals surface area contributed by atoms with E-state index in [0.29, 0.717) is 22.5 Å². The third-order valence-electron chi connectivity index (χ3n) is 8.35. The van der Waals surface area contributed by atoms with E-state index in [1.54, 1.807) is 26.6 Å². The van der Waals surface area contributed by atoms with Crippen molar-refractivity contribution in [3.05, 3.63) is 53.7 Å². The van der Waals surface area contributed by atoms with Crippen LogP contribution in [0.3, 0.4) is 0 Å². The quantitative estimate of drug-likeness (QED) is 0.243. The zero-order valence-electron chi connectivity index (χ0n) is 24.3. The Bertz CT molecular complexity index is 1370. The molecule has 1 aromatic heterocycles. The van der Waals surface area contributed by atoms with E-state index in [1.165, 1.54) is 50.8 Å². The number of piperidine rings is 1. The molecule has 220 valence electrons. The molecule has 2 saturated heterocycles. The summed E-state index contributed by atoms with van der Waals surface area (Å²) in [5, 5.41) is 11.2. The van der Waals surface area contributed by atoms with Gasteiger partial charge in [0.2, 0.25) is 5.95 Å². The Hall–Kier alpha value is -2.80. The van der Waals surface area contributed by atoms with Crippen LogP contribution < -0.4 is 30.9 Å². The Morgan fingerprint density at radius 1 is 0.976 bits per heavy atom. The fraction of sp³-hybridized carbons (Fsp3) is 0.484. The number of rotatable bonds is 8. The maximum absolute atomic E-state index is 12.8. The van der Waals surface area contributed by atoms with Crippen molar-refractivity contribution in [2.75, 3.05) is 62.2 Å². The minimum Gasteiger partial charge on any atom is -0.494 e. The number of anilines is 5. The lowest BCUT2D eigenvalue weighted by Gasteiger charge is -2.38. The van der Waals surface area contributed by atoms with E-state index >= 15 is 0 Å². The molecule has 3 heterocycles. The summed E-state index contributed by atoms with van der Waals surface area (Å²) >= 11 is 6.44. The van der Waals surface area contributed by atoms with E-state index in [4.69, 9.17) is 16.3 Å². The van der Waals surface area contributed by atoms with Crippen molar-refractivity contribution < 1.29 is 9.30 Å². The highest BCUT2D eigenvalue weighted by Crippen LogP contribution is 2.39. The second-order valence-corrected chi connectivity index (χ2v) is 15.1. The lowest BCUT2D eigenvalue weighted by atomic mass is 9.79. The zero-order valence-corrected chi connectivity index (χ0v) is 26.0. The summed E-state index contributed by atoms with van der Waals surface area (Å²) in [7, 11) is -0.824. The van der Waals surface area contributed by atoms with Crippen LogP contribution in [0, 0.1) is 11.8 Å². The van der Waals surface area contributed by atoms with Crippen LogP contribution in [0.25, 0.3) is 0 Å². The molecule has 0 saturated carbocycles. The van der Waals surface area contributed by atoms with Crippen LogP contribution in [0.5, 0.6) is 5.75 Å². The molecule has 1 unspecified atom stereocenters. The first-order valence-electron chi connectivity index (χ1n) is 14.7. The van der Waals surface area contributed by atoms with E-state index in [2.05, 4.69) is 43.0 Å². The normalized spacial score (nSPS) is 18.8. The van der Waals surface area contributed by atoms with Gasteiger partial charge >= 0.3 is 0 Å². The Balaban J connectivity index is 1.26. The van der Waals surface area contributed by atoms with E-state index in [-0.39, 0.29) is 0 Å². The predicted octanol–water partition coefficient (Wildman–Crippen LogP) is 6.87. The van der Waals surface area contributed by atoms with Crippen LogP contribution in [-0.2, 0) is 4.57 Å². The molecule has 1 atom stereocenters. The van der Waals surface area contributed by atoms with Gasteiger partial charge in [-0.15, -0.1) is 0 Å². The molecule has 3 aromatic rings. The smallest absolute Gasteiger partial charge is 0.229 e. The first-order valence-corrected chi connectivity index (χ1v) is 17.6. The van der Waals surface area contributed by atoms with Crippen LogP contribution in [0.1, 0.15) is 38.5 Å². The highest BCUT2D eigenvalue weighted by atomic mass is 35.5. The second-order valence-electron chi connectivity index (χ2n) is 11.5. The second kappa shape index (κ2) is 13.5. The molecule has 2 fully saturated rings. The number of nitrogens with zero attached hydrogens (tertiary/aromatic N) is 3. The summed E-state index contributed by atoms with van der Waals surface area (Å²) in [5.41, 5.74) is 2.66. The molecule has 2 aliphatic heterocycles. The SMILES string of the molecule is COc1cc(N2CCC(C3CCCCNCC3)CC2)ccc1Nc1ncc(Cl)c(Nc2ccccc2P(C)(C)=O)n1. The van der Waals surface area contributed by atoms with Gasteiger partial charge in [-0.2, -0.15) is 4.98 Å². The largest absolute Gasteiger partial charge is 0.494 e. The summed E-state index contributed by atoms with van der Waals surface area (Å²) in [4.78, 5) is 11.5. The van der Waals surface area contributed by atoms with Gasteiger partial charge in [0.05, 0.1) is 24.7 Å². The topological polar surface area (TPSA) is 91.4 Å². The van der Waals surface area contributed by atoms with E-state index in [1.807, 2.05) is 30.3 Å². The first-order chi connectivity index (χ1) is 19.8. The molecule has 0 spiro atoms. The van der Waals surface area contributed by atoms with Crippen LogP contribution in [0.15, 0.2) is 48.7 Å². The van der Waals surface area contributed by atoms with Crippen molar-refractivity contribution >= 4 is 52.9 Å². The number of aromatic nitrogens is 2. The van der Waals surface area contributed by atoms with Gasteiger partial charge in [0.15, 0.2) is 5.82 Å². The molecule has 0 amide bonds. The minimum absolute atomic E-state index is 0.369. The van der Waals surface area contributed by atoms with Gasteiger partial charge in [0.1, 0.15) is 17.9 Å². The minimum atomic E-state index is -2.50. The highest BCUT2D eigenvalue weighted by Gasteiger charge is 2.27. The van der Waals surface area contributed by atoms with Gasteiger partial charge in [-0.3, -0.25) is 0 Å². The van der Waals surface area contributed by atoms with Crippen molar-refractivity contribution in [2.24, 2.45) is 11.8 Å². The van der Waals surface area contributed by atoms with Crippen molar-refractivity contribution in [3.8, 4) is 5.75 Å². The molecule has 3 N–H and O–H groups in total. The van der Waals surface area contributed by atoms with E-state index in [0.717, 1.165) is 48.2 Å². The third-order valence-corrected chi connectivity index (χ3v) is 10.2. The number of nitrogens with one attached hydrogen (secondary N) is 3. The fourth-order valence-corrected chi connectivity index (χ4v) is 7.40. The van der Waals surface area contributed by atoms with Crippen LogP contribution >= 0.6 is 18.7 Å². The first kappa shape index (κ1) is 29.7. The number of hydrogen-bond donors (Lipinski definition) is 3. The summed E-state index contributed by atoms with van der Waals surface area (Å²) in [6.45, 7) is 7.98. The molecule has 2 aromatic carbocycles. The van der Waals surface area contributed by atoms with Crippen LogP contribution in [0.4, 0.5) is 28.8 Å². The van der Waals surface area contributed by atoms with E-state index in [9.17, 15) is 4.57 Å². The molecular weight excluding hydrogens is 555 g/mol. The number of para-hydroxylation sites is 1. The predicted molar refractivity (Wildman–Crippen MR) is 172 cm³/mol. The number of hydrogen-bond acceptors (Lipinski definition) is 8. The molecule has 10 heteroatoms. The molecule has 8 nitrogen and oxygen atoms in total. The standard InChI is InChI=1S/C31H42ClN6O2P/c1-40-28-20-24(38-18-14-23(15-19-38)22-8-6-7-16-33-17-13-22)11-12-26(28)36-31-34-21-25(32)30(37-31)35-27-9-4-5-10-29(27)41(2,3)39/h4-5,9-12,20-23,33H,6-8,13-19H2,1-3H3,(H2,34,35,36,37). The molecular formula is C31H42ClN6O2P. The number of halogens is 1. The Morgan fingerprint density at radius 2 is 1.76 bits per heavy atom. The summed E-state index contributed by atoms with van der Waals surface area (Å²) in [6, 6.07) is 13.8. The van der Waals surface area contributed by atoms with Crippen molar-refractivity contribution in [3.63, 3.8) is 0 Å². The summed E-state index contributed by atoms with van der Waals surface area (Å²) in [6.07, 6.45) is 9.40. The van der Waals surface area contributed by atoms with Gasteiger partial charge in [0.25, 0.3) is 0 Å². The van der Waals surface area contributed by atoms with Crippen molar-refractivity contribution in [2.45, 2.75) is 38.5 Å². The average Bonchev–Trinajstić information content (AvgIpc) is 2.95. The van der Waals surface area contributed by atoms with E-state index < -0.39 is 7.14 Å². The monoisotopic (exact) mass is 596 g/mol. The maximum atomic E-state index is 12.8. The molecule has 5 rings (SSSR count). The zero-order chi connectivity index (χ0) is 28.8. The molecule has 0 bridgehead atoms. The van der Waals surface area contributed by atoms with Crippen LogP contribution in [0.2, 0.25) is 5.02 Å². The summed E-state index contributed by atoms with van der Waals surface area (Å²) in [5.74, 6) is 3.22. The van der Waals surface area contributed by atoms with Gasteiger partial charge in [-0.25, -0.2) is 4.98 Å². The molecule has 0 aliphatic carbocycles. The van der Waals surface area contributed by atoms with Crippen molar-refractivity contribution in [1.82, 2.24) is 15.3 Å². The Labute approximate surface area is 249 Å². The maximum Gasteiger partial charge on any atom is 0.229 e. The van der Waals surface area contributed by atoms with Gasteiger partial charge in [-0.1, -0.05) is 36.6 Å². The number of ether oxygens (including phenoxy) is 1. The molecule has 41 heavy (non-hydrogen) atoms. The Kier molecular flexibility index (Phi) is 9.74. The van der Waals surface area contributed by atoms with Gasteiger partial charge < -0.3 is 30.2 Å². The highest BCUT2D eigenvalue weighted by molar-refractivity contribution is 7.70. The molecule has 0 radical (unpaired) electrons. The van der Waals surface area contributed by atoms with Crippen molar-refractivity contribution in [1.29, 1.82) is 0 Å². The summed E-state index contributed by atoms with van der Waals surface area (Å²) < 4.78 is 18.6. The average molecular weight is 597 g/mol. The lowest BCUT2D eigenvalue weighted by molar-refractivity contribution is 0.231. The third kappa shape index (κ3) is 7.54. The lowest BCUT2D eigenvalue weighted by Crippen LogP contribution is -2.37. The Morgan fingerprint density at radius 3 is 2.54 bits per heavy atom. The number of benzene rings is 2. The van der Waals surface area contributed by atoms with Gasteiger partial charge in [0, 0.05) is 30.1 Å². The van der Waals surface area contributed by atoms with Gasteiger partial charge in [-0.05, 0) is 88.2 Å². The van der Waals surface area contributed by atoms with Crippen LogP contribution in [-0.4, -0.2) is 56.6 Å². The number of methoxy groups -OCH3 is 1. The fourth-order valence-electron chi connectivity index (χ4n) is 6.11.